The lowest BCUT2D eigenvalue weighted by Gasteiger charge is -2.26. The van der Waals surface area contributed by atoms with Crippen LogP contribution < -0.4 is 9.64 Å². The highest BCUT2D eigenvalue weighted by Gasteiger charge is 2.47. The van der Waals surface area contributed by atoms with E-state index in [0.29, 0.717) is 22.6 Å². The fourth-order valence-corrected chi connectivity index (χ4v) is 4.17. The van der Waals surface area contributed by atoms with Crippen LogP contribution in [-0.2, 0) is 9.59 Å². The molecule has 0 aliphatic carbocycles. The number of carbonyl (C=O) groups excluding carboxylic acids is 2. The van der Waals surface area contributed by atoms with Crippen LogP contribution in [0.5, 0.6) is 5.75 Å². The molecule has 1 N–H and O–H groups in total. The van der Waals surface area contributed by atoms with Crippen LogP contribution in [0, 0.1) is 13.8 Å². The van der Waals surface area contributed by atoms with Crippen molar-refractivity contribution in [2.45, 2.75) is 39.8 Å². The second-order valence-corrected chi connectivity index (χ2v) is 8.56. The molecule has 168 valence electrons. The van der Waals surface area contributed by atoms with Gasteiger partial charge < -0.3 is 9.84 Å². The minimum Gasteiger partial charge on any atom is -0.507 e. The minimum absolute atomic E-state index is 0.0318. The van der Waals surface area contributed by atoms with Crippen molar-refractivity contribution in [3.63, 3.8) is 0 Å². The SMILES string of the molecule is Cc1ccc(C)c(/C(O)=C2\C(=O)C(=O)N(c3ccccc3)C2c2cccc(OC(C)C)c2)c1. The number of aliphatic hydroxyl groups is 1. The normalized spacial score (nSPS) is 17.6. The molecule has 0 saturated carbocycles. The minimum atomic E-state index is -0.789. The molecule has 1 atom stereocenters. The van der Waals surface area contributed by atoms with E-state index in [-0.39, 0.29) is 17.4 Å². The van der Waals surface area contributed by atoms with Gasteiger partial charge in [-0.15, -0.1) is 0 Å². The van der Waals surface area contributed by atoms with Gasteiger partial charge in [0.2, 0.25) is 0 Å². The van der Waals surface area contributed by atoms with Gasteiger partial charge in [-0.2, -0.15) is 0 Å². The molecule has 1 unspecified atom stereocenters. The van der Waals surface area contributed by atoms with Crippen LogP contribution in [0.2, 0.25) is 0 Å². The van der Waals surface area contributed by atoms with Crippen LogP contribution in [0.15, 0.2) is 78.4 Å². The molecule has 4 rings (SSSR count). The molecule has 33 heavy (non-hydrogen) atoms. The molecule has 3 aromatic carbocycles. The summed E-state index contributed by atoms with van der Waals surface area (Å²) in [6.45, 7) is 7.66. The Morgan fingerprint density at radius 2 is 1.67 bits per heavy atom. The number of ketones is 1. The third-order valence-corrected chi connectivity index (χ3v) is 5.67. The zero-order valence-electron chi connectivity index (χ0n) is 19.2. The number of benzene rings is 3. The topological polar surface area (TPSA) is 66.8 Å². The van der Waals surface area contributed by atoms with E-state index >= 15 is 0 Å². The predicted octanol–water partition coefficient (Wildman–Crippen LogP) is 5.72. The molecule has 1 saturated heterocycles. The molecular formula is C28H27NO4. The maximum atomic E-state index is 13.3. The highest BCUT2D eigenvalue weighted by atomic mass is 16.5. The van der Waals surface area contributed by atoms with Crippen LogP contribution in [0.1, 0.15) is 42.1 Å². The Hall–Kier alpha value is -3.86. The monoisotopic (exact) mass is 441 g/mol. The number of hydrogen-bond acceptors (Lipinski definition) is 4. The summed E-state index contributed by atoms with van der Waals surface area (Å²) in [6, 6.07) is 21.3. The van der Waals surface area contributed by atoms with Crippen molar-refractivity contribution in [3.05, 3.63) is 101 Å². The number of amides is 1. The summed E-state index contributed by atoms with van der Waals surface area (Å²) in [5, 5.41) is 11.4. The Morgan fingerprint density at radius 3 is 2.36 bits per heavy atom. The van der Waals surface area contributed by atoms with Gasteiger partial charge in [-0.25, -0.2) is 0 Å². The quantitative estimate of drug-likeness (QED) is 0.313. The Labute approximate surface area is 193 Å². The Morgan fingerprint density at radius 1 is 0.939 bits per heavy atom. The molecule has 1 aliphatic rings. The molecule has 1 heterocycles. The predicted molar refractivity (Wildman–Crippen MR) is 129 cm³/mol. The molecule has 1 amide bonds. The van der Waals surface area contributed by atoms with Crippen LogP contribution in [0.3, 0.4) is 0 Å². The van der Waals surface area contributed by atoms with E-state index in [4.69, 9.17) is 4.74 Å². The average molecular weight is 442 g/mol. The summed E-state index contributed by atoms with van der Waals surface area (Å²) < 4.78 is 5.86. The van der Waals surface area contributed by atoms with Gasteiger partial charge in [0.1, 0.15) is 11.5 Å². The van der Waals surface area contributed by atoms with E-state index in [0.717, 1.165) is 11.1 Å². The van der Waals surface area contributed by atoms with E-state index in [2.05, 4.69) is 0 Å². The van der Waals surface area contributed by atoms with Crippen molar-refractivity contribution in [3.8, 4) is 5.75 Å². The van der Waals surface area contributed by atoms with Crippen molar-refractivity contribution in [1.29, 1.82) is 0 Å². The fourth-order valence-electron chi connectivity index (χ4n) is 4.17. The highest BCUT2D eigenvalue weighted by molar-refractivity contribution is 6.51. The second kappa shape index (κ2) is 8.94. The zero-order valence-corrected chi connectivity index (χ0v) is 19.2. The van der Waals surface area contributed by atoms with Gasteiger partial charge in [0.25, 0.3) is 11.7 Å². The van der Waals surface area contributed by atoms with E-state index in [1.807, 2.05) is 88.4 Å². The summed E-state index contributed by atoms with van der Waals surface area (Å²) in [5.41, 5.74) is 3.64. The van der Waals surface area contributed by atoms with Gasteiger partial charge in [-0.3, -0.25) is 14.5 Å². The first-order chi connectivity index (χ1) is 15.8. The Bertz CT molecular complexity index is 1240. The zero-order chi connectivity index (χ0) is 23.7. The lowest BCUT2D eigenvalue weighted by Crippen LogP contribution is -2.29. The lowest BCUT2D eigenvalue weighted by molar-refractivity contribution is -0.132. The summed E-state index contributed by atoms with van der Waals surface area (Å²) in [6.07, 6.45) is -0.0318. The van der Waals surface area contributed by atoms with Crippen molar-refractivity contribution in [1.82, 2.24) is 0 Å². The number of carbonyl (C=O) groups is 2. The van der Waals surface area contributed by atoms with Crippen LogP contribution in [0.25, 0.3) is 5.76 Å². The Balaban J connectivity index is 1.96. The van der Waals surface area contributed by atoms with E-state index < -0.39 is 17.7 Å². The number of hydrogen-bond donors (Lipinski definition) is 1. The maximum Gasteiger partial charge on any atom is 0.300 e. The van der Waals surface area contributed by atoms with Crippen LogP contribution in [0.4, 0.5) is 5.69 Å². The summed E-state index contributed by atoms with van der Waals surface area (Å²) in [7, 11) is 0. The van der Waals surface area contributed by atoms with Crippen LogP contribution >= 0.6 is 0 Å². The van der Waals surface area contributed by atoms with Crippen LogP contribution in [-0.4, -0.2) is 22.9 Å². The molecule has 1 fully saturated rings. The standard InChI is InChI=1S/C28H27NO4/c1-17(2)33-22-12-8-9-20(16-22)25-24(26(30)23-15-18(3)13-14-19(23)4)27(31)28(32)29(25)21-10-6-5-7-11-21/h5-17,25,30H,1-4H3/b26-24+. The first kappa shape index (κ1) is 22.3. The van der Waals surface area contributed by atoms with Crippen molar-refractivity contribution in [2.24, 2.45) is 0 Å². The molecule has 0 bridgehead atoms. The number of para-hydroxylation sites is 1. The van der Waals surface area contributed by atoms with E-state index in [1.165, 1.54) is 4.90 Å². The third kappa shape index (κ3) is 4.27. The summed E-state index contributed by atoms with van der Waals surface area (Å²) >= 11 is 0. The number of rotatable bonds is 5. The second-order valence-electron chi connectivity index (χ2n) is 8.56. The first-order valence-electron chi connectivity index (χ1n) is 11.0. The van der Waals surface area contributed by atoms with Crippen molar-refractivity contribution in [2.75, 3.05) is 4.90 Å². The number of ether oxygens (including phenoxy) is 1. The first-order valence-corrected chi connectivity index (χ1v) is 11.0. The van der Waals surface area contributed by atoms with Gasteiger partial charge in [0.05, 0.1) is 17.7 Å². The molecule has 0 radical (unpaired) electrons. The number of Topliss-reactive ketones (excluding diaryl/α,β-unsaturated/α-hetero) is 1. The lowest BCUT2D eigenvalue weighted by atomic mass is 9.93. The van der Waals surface area contributed by atoms with E-state index in [9.17, 15) is 14.7 Å². The van der Waals surface area contributed by atoms with Gasteiger partial charge in [0.15, 0.2) is 0 Å². The third-order valence-electron chi connectivity index (χ3n) is 5.67. The molecule has 1 aliphatic heterocycles. The van der Waals surface area contributed by atoms with Gasteiger partial charge in [0, 0.05) is 11.3 Å². The summed E-state index contributed by atoms with van der Waals surface area (Å²) in [5.74, 6) is -0.924. The molecular weight excluding hydrogens is 414 g/mol. The van der Waals surface area contributed by atoms with E-state index in [1.54, 1.807) is 12.1 Å². The largest absolute Gasteiger partial charge is 0.507 e. The maximum absolute atomic E-state index is 13.3. The molecule has 0 aromatic heterocycles. The molecule has 0 spiro atoms. The fraction of sp³-hybridized carbons (Fsp3) is 0.214. The number of aliphatic hydroxyl groups excluding tert-OH is 1. The number of aryl methyl sites for hydroxylation is 2. The smallest absolute Gasteiger partial charge is 0.300 e. The average Bonchev–Trinajstić information content (AvgIpc) is 3.06. The molecule has 3 aromatic rings. The molecule has 5 nitrogen and oxygen atoms in total. The highest BCUT2D eigenvalue weighted by Crippen LogP contribution is 2.43. The Kier molecular flexibility index (Phi) is 6.05. The van der Waals surface area contributed by atoms with Gasteiger partial charge in [-0.1, -0.05) is 48.0 Å². The van der Waals surface area contributed by atoms with Gasteiger partial charge in [-0.05, 0) is 69.2 Å². The van der Waals surface area contributed by atoms with Crippen molar-refractivity contribution >= 4 is 23.1 Å². The molecule has 5 heteroatoms. The van der Waals surface area contributed by atoms with Crippen molar-refractivity contribution < 1.29 is 19.4 Å². The summed E-state index contributed by atoms with van der Waals surface area (Å²) in [4.78, 5) is 28.0. The van der Waals surface area contributed by atoms with Gasteiger partial charge >= 0.3 is 0 Å². The number of nitrogens with zero attached hydrogens (tertiary/aromatic N) is 1. The number of anilines is 1.